The third-order valence-electron chi connectivity index (χ3n) is 5.45. The van der Waals surface area contributed by atoms with Crippen LogP contribution >= 0.6 is 0 Å². The van der Waals surface area contributed by atoms with Crippen LogP contribution in [0, 0.1) is 6.92 Å². The zero-order chi connectivity index (χ0) is 16.5. The summed E-state index contributed by atoms with van der Waals surface area (Å²) >= 11 is 0. The predicted octanol–water partition coefficient (Wildman–Crippen LogP) is 3.83. The largest absolute Gasteiger partial charge is 0.376 e. The Morgan fingerprint density at radius 1 is 1.17 bits per heavy atom. The molecule has 1 aromatic carbocycles. The molecule has 1 amide bonds. The molecule has 0 saturated carbocycles. The molecule has 1 unspecified atom stereocenters. The number of hydrogen-bond acceptors (Lipinski definition) is 2. The smallest absolute Gasteiger partial charge is 0.223 e. The minimum atomic E-state index is -0.172. The van der Waals surface area contributed by atoms with Crippen LogP contribution in [0.3, 0.4) is 0 Å². The number of nitrogens with zero attached hydrogens (tertiary/aromatic N) is 1. The van der Waals surface area contributed by atoms with Crippen molar-refractivity contribution in [2.45, 2.75) is 63.9 Å². The van der Waals surface area contributed by atoms with Gasteiger partial charge in [0.2, 0.25) is 5.91 Å². The highest BCUT2D eigenvalue weighted by Crippen LogP contribution is 2.44. The average molecular weight is 315 g/mol. The maximum Gasteiger partial charge on any atom is 0.223 e. The van der Waals surface area contributed by atoms with Crippen molar-refractivity contribution < 1.29 is 9.53 Å². The Bertz CT molecular complexity index is 558. The van der Waals surface area contributed by atoms with Gasteiger partial charge in [-0.3, -0.25) is 4.79 Å². The van der Waals surface area contributed by atoms with Crippen molar-refractivity contribution in [1.29, 1.82) is 0 Å². The van der Waals surface area contributed by atoms with Gasteiger partial charge >= 0.3 is 0 Å². The molecule has 2 aliphatic heterocycles. The Morgan fingerprint density at radius 2 is 1.83 bits per heavy atom. The van der Waals surface area contributed by atoms with Crippen molar-refractivity contribution in [3.05, 3.63) is 35.4 Å². The van der Waals surface area contributed by atoms with Gasteiger partial charge in [-0.1, -0.05) is 29.8 Å². The molecule has 3 rings (SSSR count). The molecule has 2 aliphatic rings. The van der Waals surface area contributed by atoms with Gasteiger partial charge in [0, 0.05) is 31.5 Å². The molecule has 2 saturated heterocycles. The lowest BCUT2D eigenvalue weighted by Gasteiger charge is -2.45. The van der Waals surface area contributed by atoms with E-state index in [0.717, 1.165) is 45.4 Å². The number of carbonyl (C=O) groups excluding carboxylic acids is 1. The van der Waals surface area contributed by atoms with Gasteiger partial charge < -0.3 is 9.64 Å². The van der Waals surface area contributed by atoms with Crippen molar-refractivity contribution >= 4 is 5.91 Å². The van der Waals surface area contributed by atoms with E-state index in [1.807, 2.05) is 0 Å². The second-order valence-electron chi connectivity index (χ2n) is 7.95. The molecule has 0 radical (unpaired) electrons. The van der Waals surface area contributed by atoms with E-state index >= 15 is 0 Å². The molecule has 3 nitrogen and oxygen atoms in total. The molecular formula is C20H29NO2. The van der Waals surface area contributed by atoms with Crippen molar-refractivity contribution in [3.8, 4) is 0 Å². The highest BCUT2D eigenvalue weighted by Gasteiger charge is 2.44. The number of carbonyl (C=O) groups is 1. The second-order valence-corrected chi connectivity index (χ2v) is 7.95. The highest BCUT2D eigenvalue weighted by molar-refractivity contribution is 5.78. The van der Waals surface area contributed by atoms with E-state index in [-0.39, 0.29) is 11.0 Å². The Hall–Kier alpha value is -1.35. The summed E-state index contributed by atoms with van der Waals surface area (Å²) in [5.74, 6) is 0.320. The van der Waals surface area contributed by atoms with Crippen LogP contribution in [-0.4, -0.2) is 36.1 Å². The van der Waals surface area contributed by atoms with Crippen LogP contribution < -0.4 is 0 Å². The second kappa shape index (κ2) is 6.27. The monoisotopic (exact) mass is 315 g/mol. The lowest BCUT2D eigenvalue weighted by Crippen LogP contribution is -2.47. The molecule has 2 fully saturated rings. The predicted molar refractivity (Wildman–Crippen MR) is 92.6 cm³/mol. The molecule has 1 aromatic rings. The summed E-state index contributed by atoms with van der Waals surface area (Å²) in [6.07, 6.45) is 4.75. The first-order chi connectivity index (χ1) is 10.9. The molecule has 0 aromatic heterocycles. The van der Waals surface area contributed by atoms with Crippen molar-refractivity contribution in [3.63, 3.8) is 0 Å². The van der Waals surface area contributed by atoms with E-state index in [9.17, 15) is 4.79 Å². The van der Waals surface area contributed by atoms with Crippen LogP contribution in [0.25, 0.3) is 0 Å². The zero-order valence-electron chi connectivity index (χ0n) is 14.7. The van der Waals surface area contributed by atoms with Gasteiger partial charge in [-0.05, 0) is 52.0 Å². The number of likely N-dealkylation sites (tertiary alicyclic amines) is 1. The molecule has 1 atom stereocenters. The topological polar surface area (TPSA) is 29.5 Å². The summed E-state index contributed by atoms with van der Waals surface area (Å²) in [4.78, 5) is 14.9. The minimum absolute atomic E-state index is 0.0882. The summed E-state index contributed by atoms with van der Waals surface area (Å²) in [7, 11) is 0. The Morgan fingerprint density at radius 3 is 2.43 bits per heavy atom. The van der Waals surface area contributed by atoms with Crippen LogP contribution in [0.4, 0.5) is 0 Å². The van der Waals surface area contributed by atoms with Gasteiger partial charge in [0.25, 0.3) is 0 Å². The van der Waals surface area contributed by atoms with Gasteiger partial charge in [-0.2, -0.15) is 0 Å². The Balaban J connectivity index is 1.89. The molecule has 0 N–H and O–H groups in total. The molecule has 3 heteroatoms. The summed E-state index contributed by atoms with van der Waals surface area (Å²) in [5, 5.41) is 0. The fraction of sp³-hybridized carbons (Fsp3) is 0.650. The van der Waals surface area contributed by atoms with Gasteiger partial charge in [0.1, 0.15) is 0 Å². The number of hydrogen-bond donors (Lipinski definition) is 0. The fourth-order valence-corrected chi connectivity index (χ4v) is 4.25. The fourth-order valence-electron chi connectivity index (χ4n) is 4.25. The van der Waals surface area contributed by atoms with E-state index in [4.69, 9.17) is 4.74 Å². The van der Waals surface area contributed by atoms with E-state index in [0.29, 0.717) is 12.3 Å². The van der Waals surface area contributed by atoms with Gasteiger partial charge in [0.05, 0.1) is 5.60 Å². The maximum absolute atomic E-state index is 12.9. The van der Waals surface area contributed by atoms with E-state index < -0.39 is 0 Å². The summed E-state index contributed by atoms with van der Waals surface area (Å²) < 4.78 is 5.95. The van der Waals surface area contributed by atoms with Crippen molar-refractivity contribution in [2.24, 2.45) is 0 Å². The number of ether oxygens (including phenoxy) is 1. The Labute approximate surface area is 140 Å². The molecule has 23 heavy (non-hydrogen) atoms. The average Bonchev–Trinajstić information content (AvgIpc) is 3.01. The van der Waals surface area contributed by atoms with Crippen LogP contribution in [0.2, 0.25) is 0 Å². The van der Waals surface area contributed by atoms with Crippen molar-refractivity contribution in [1.82, 2.24) is 4.90 Å². The van der Waals surface area contributed by atoms with Crippen LogP contribution in [0.15, 0.2) is 24.3 Å². The third-order valence-corrected chi connectivity index (χ3v) is 5.45. The number of amides is 1. The first-order valence-electron chi connectivity index (χ1n) is 8.89. The van der Waals surface area contributed by atoms with Gasteiger partial charge in [-0.15, -0.1) is 0 Å². The number of rotatable bonds is 3. The molecule has 2 heterocycles. The third kappa shape index (κ3) is 3.60. The van der Waals surface area contributed by atoms with Crippen LogP contribution in [0.5, 0.6) is 0 Å². The standard InChI is InChI=1S/C20H29NO2/c1-16-6-8-17(9-7-16)20(10-13-23-19(2,3)15-20)14-18(22)21-11-4-5-12-21/h6-9H,4-5,10-15H2,1-3H3. The summed E-state index contributed by atoms with van der Waals surface area (Å²) in [6, 6.07) is 8.77. The van der Waals surface area contributed by atoms with Crippen LogP contribution in [0.1, 0.15) is 57.1 Å². The summed E-state index contributed by atoms with van der Waals surface area (Å²) in [6.45, 7) is 9.00. The Kier molecular flexibility index (Phi) is 4.50. The zero-order valence-corrected chi connectivity index (χ0v) is 14.7. The van der Waals surface area contributed by atoms with Crippen LogP contribution in [-0.2, 0) is 14.9 Å². The highest BCUT2D eigenvalue weighted by atomic mass is 16.5. The van der Waals surface area contributed by atoms with E-state index in [2.05, 4.69) is 49.9 Å². The quantitative estimate of drug-likeness (QED) is 0.848. The molecular weight excluding hydrogens is 286 g/mol. The molecule has 0 spiro atoms. The number of benzene rings is 1. The lowest BCUT2D eigenvalue weighted by molar-refractivity contribution is -0.135. The van der Waals surface area contributed by atoms with E-state index in [1.165, 1.54) is 11.1 Å². The normalized spacial score (nSPS) is 27.2. The first kappa shape index (κ1) is 16.5. The maximum atomic E-state index is 12.9. The number of aryl methyl sites for hydroxylation is 1. The molecule has 126 valence electrons. The molecule has 0 bridgehead atoms. The summed E-state index contributed by atoms with van der Waals surface area (Å²) in [5.41, 5.74) is 2.30. The SMILES string of the molecule is Cc1ccc(C2(CC(=O)N3CCCC3)CCOC(C)(C)C2)cc1. The minimum Gasteiger partial charge on any atom is -0.376 e. The molecule has 0 aliphatic carbocycles. The first-order valence-corrected chi connectivity index (χ1v) is 8.89. The van der Waals surface area contributed by atoms with Gasteiger partial charge in [-0.25, -0.2) is 0 Å². The van der Waals surface area contributed by atoms with Gasteiger partial charge in [0.15, 0.2) is 0 Å². The van der Waals surface area contributed by atoms with E-state index in [1.54, 1.807) is 0 Å². The van der Waals surface area contributed by atoms with Crippen molar-refractivity contribution in [2.75, 3.05) is 19.7 Å². The lowest BCUT2D eigenvalue weighted by atomic mass is 9.67.